The number of benzene rings is 1. The molecule has 2 N–H and O–H groups in total. The first-order chi connectivity index (χ1) is 8.06. The van der Waals surface area contributed by atoms with Gasteiger partial charge in [-0.3, -0.25) is 4.79 Å². The predicted molar refractivity (Wildman–Crippen MR) is 67.0 cm³/mol. The molecule has 92 valence electrons. The summed E-state index contributed by atoms with van der Waals surface area (Å²) in [6.45, 7) is 5.08. The number of nitrogens with one attached hydrogen (secondary N) is 1. The summed E-state index contributed by atoms with van der Waals surface area (Å²) in [6.07, 6.45) is 1.67. The van der Waals surface area contributed by atoms with Gasteiger partial charge in [0.05, 0.1) is 0 Å². The van der Waals surface area contributed by atoms with Crippen LogP contribution >= 0.6 is 0 Å². The van der Waals surface area contributed by atoms with Gasteiger partial charge in [-0.05, 0) is 35.4 Å². The highest BCUT2D eigenvalue weighted by Gasteiger charge is 2.23. The summed E-state index contributed by atoms with van der Waals surface area (Å²) in [6, 6.07) is 5.99. The SMILES string of the molecule is CC(C)Cc1ccc2c(c1)CNC(C(=O)O)C2. The Morgan fingerprint density at radius 2 is 2.24 bits per heavy atom. The van der Waals surface area contributed by atoms with Crippen molar-refractivity contribution >= 4 is 5.97 Å². The molecule has 1 atom stereocenters. The topological polar surface area (TPSA) is 49.3 Å². The van der Waals surface area contributed by atoms with E-state index in [0.717, 1.165) is 6.42 Å². The minimum atomic E-state index is -0.762. The van der Waals surface area contributed by atoms with E-state index in [9.17, 15) is 4.79 Å². The van der Waals surface area contributed by atoms with Gasteiger partial charge in [0.2, 0.25) is 0 Å². The molecule has 0 radical (unpaired) electrons. The number of hydrogen-bond donors (Lipinski definition) is 2. The first kappa shape index (κ1) is 12.1. The van der Waals surface area contributed by atoms with Gasteiger partial charge in [-0.15, -0.1) is 0 Å². The summed E-state index contributed by atoms with van der Waals surface area (Å²) in [5.41, 5.74) is 3.76. The Morgan fingerprint density at radius 1 is 1.47 bits per heavy atom. The van der Waals surface area contributed by atoms with Gasteiger partial charge in [0, 0.05) is 6.54 Å². The number of hydrogen-bond acceptors (Lipinski definition) is 2. The van der Waals surface area contributed by atoms with Crippen LogP contribution in [-0.2, 0) is 24.2 Å². The molecule has 3 heteroatoms. The van der Waals surface area contributed by atoms with Crippen molar-refractivity contribution in [3.63, 3.8) is 0 Å². The van der Waals surface area contributed by atoms with Crippen LogP contribution in [0.5, 0.6) is 0 Å². The molecule has 1 aromatic carbocycles. The van der Waals surface area contributed by atoms with Crippen LogP contribution in [-0.4, -0.2) is 17.1 Å². The van der Waals surface area contributed by atoms with Crippen LogP contribution in [0.25, 0.3) is 0 Å². The Kier molecular flexibility index (Phi) is 3.48. The number of aliphatic carboxylic acids is 1. The van der Waals surface area contributed by atoms with E-state index in [4.69, 9.17) is 5.11 Å². The van der Waals surface area contributed by atoms with Crippen molar-refractivity contribution in [1.29, 1.82) is 0 Å². The van der Waals surface area contributed by atoms with Crippen LogP contribution in [0.1, 0.15) is 30.5 Å². The fourth-order valence-corrected chi connectivity index (χ4v) is 2.34. The lowest BCUT2D eigenvalue weighted by Crippen LogP contribution is -2.41. The molecular weight excluding hydrogens is 214 g/mol. The van der Waals surface area contributed by atoms with E-state index in [1.807, 2.05) is 0 Å². The third kappa shape index (κ3) is 2.86. The van der Waals surface area contributed by atoms with E-state index in [2.05, 4.69) is 37.4 Å². The van der Waals surface area contributed by atoms with E-state index < -0.39 is 12.0 Å². The minimum Gasteiger partial charge on any atom is -0.480 e. The lowest BCUT2D eigenvalue weighted by Gasteiger charge is -2.23. The molecule has 1 aliphatic rings. The first-order valence-corrected chi connectivity index (χ1v) is 6.13. The smallest absolute Gasteiger partial charge is 0.321 e. The highest BCUT2D eigenvalue weighted by atomic mass is 16.4. The number of carboxylic acid groups (broad SMARTS) is 1. The van der Waals surface area contributed by atoms with Crippen LogP contribution in [0.3, 0.4) is 0 Å². The number of carbonyl (C=O) groups is 1. The summed E-state index contributed by atoms with van der Waals surface area (Å²) < 4.78 is 0. The van der Waals surface area contributed by atoms with Gasteiger partial charge in [-0.25, -0.2) is 0 Å². The standard InChI is InChI=1S/C14H19NO2/c1-9(2)5-10-3-4-11-7-13(14(16)17)15-8-12(11)6-10/h3-4,6,9,13,15H,5,7-8H2,1-2H3,(H,16,17). The van der Waals surface area contributed by atoms with Crippen molar-refractivity contribution < 1.29 is 9.90 Å². The summed E-state index contributed by atoms with van der Waals surface area (Å²) in [5.74, 6) is -0.113. The van der Waals surface area contributed by atoms with Crippen LogP contribution in [0.4, 0.5) is 0 Å². The van der Waals surface area contributed by atoms with Gasteiger partial charge in [0.25, 0.3) is 0 Å². The number of carboxylic acids is 1. The van der Waals surface area contributed by atoms with Crippen molar-refractivity contribution in [3.8, 4) is 0 Å². The van der Waals surface area contributed by atoms with Crippen molar-refractivity contribution in [1.82, 2.24) is 5.32 Å². The van der Waals surface area contributed by atoms with Crippen molar-refractivity contribution in [2.75, 3.05) is 0 Å². The highest BCUT2D eigenvalue weighted by molar-refractivity contribution is 5.74. The molecule has 1 aliphatic heterocycles. The molecule has 1 unspecified atom stereocenters. The second-order valence-electron chi connectivity index (χ2n) is 5.18. The molecule has 17 heavy (non-hydrogen) atoms. The lowest BCUT2D eigenvalue weighted by atomic mass is 9.92. The number of fused-ring (bicyclic) bond motifs is 1. The van der Waals surface area contributed by atoms with Crippen LogP contribution in [0, 0.1) is 5.92 Å². The summed E-state index contributed by atoms with van der Waals surface area (Å²) in [7, 11) is 0. The summed E-state index contributed by atoms with van der Waals surface area (Å²) >= 11 is 0. The summed E-state index contributed by atoms with van der Waals surface area (Å²) in [5, 5.41) is 12.0. The van der Waals surface area contributed by atoms with Gasteiger partial charge in [0.1, 0.15) is 6.04 Å². The molecular formula is C14H19NO2. The van der Waals surface area contributed by atoms with Gasteiger partial charge in [-0.2, -0.15) is 0 Å². The molecule has 0 aliphatic carbocycles. The third-order valence-electron chi connectivity index (χ3n) is 3.18. The van der Waals surface area contributed by atoms with Crippen molar-refractivity contribution in [2.24, 2.45) is 5.92 Å². The zero-order chi connectivity index (χ0) is 12.4. The van der Waals surface area contributed by atoms with E-state index in [1.165, 1.54) is 16.7 Å². The van der Waals surface area contributed by atoms with E-state index in [0.29, 0.717) is 18.9 Å². The lowest BCUT2D eigenvalue weighted by molar-refractivity contribution is -0.139. The first-order valence-electron chi connectivity index (χ1n) is 6.13. The van der Waals surface area contributed by atoms with Gasteiger partial charge < -0.3 is 10.4 Å². The quantitative estimate of drug-likeness (QED) is 0.839. The summed E-state index contributed by atoms with van der Waals surface area (Å²) in [4.78, 5) is 10.9. The molecule has 2 rings (SSSR count). The maximum Gasteiger partial charge on any atom is 0.321 e. The molecule has 0 bridgehead atoms. The molecule has 0 saturated carbocycles. The van der Waals surface area contributed by atoms with Crippen LogP contribution in [0.15, 0.2) is 18.2 Å². The Hall–Kier alpha value is -1.35. The van der Waals surface area contributed by atoms with E-state index in [1.54, 1.807) is 0 Å². The zero-order valence-corrected chi connectivity index (χ0v) is 10.4. The Labute approximate surface area is 102 Å². The van der Waals surface area contributed by atoms with Crippen molar-refractivity contribution in [3.05, 3.63) is 34.9 Å². The Balaban J connectivity index is 2.16. The average Bonchev–Trinajstić information content (AvgIpc) is 2.27. The molecule has 0 spiro atoms. The predicted octanol–water partition coefficient (Wildman–Crippen LogP) is 1.98. The Morgan fingerprint density at radius 3 is 2.88 bits per heavy atom. The molecule has 0 fully saturated rings. The number of rotatable bonds is 3. The zero-order valence-electron chi connectivity index (χ0n) is 10.4. The van der Waals surface area contributed by atoms with Crippen molar-refractivity contribution in [2.45, 2.75) is 39.3 Å². The molecule has 0 amide bonds. The normalized spacial score (nSPS) is 19.1. The van der Waals surface area contributed by atoms with E-state index >= 15 is 0 Å². The molecule has 0 aromatic heterocycles. The molecule has 1 aromatic rings. The third-order valence-corrected chi connectivity index (χ3v) is 3.18. The average molecular weight is 233 g/mol. The van der Waals surface area contributed by atoms with Gasteiger partial charge >= 0.3 is 5.97 Å². The maximum absolute atomic E-state index is 10.9. The van der Waals surface area contributed by atoms with Crippen LogP contribution < -0.4 is 5.32 Å². The monoisotopic (exact) mass is 233 g/mol. The fourth-order valence-electron chi connectivity index (χ4n) is 2.34. The molecule has 3 nitrogen and oxygen atoms in total. The second kappa shape index (κ2) is 4.88. The fraction of sp³-hybridized carbons (Fsp3) is 0.500. The maximum atomic E-state index is 10.9. The largest absolute Gasteiger partial charge is 0.480 e. The molecule has 1 heterocycles. The highest BCUT2D eigenvalue weighted by Crippen LogP contribution is 2.20. The minimum absolute atomic E-state index is 0.432. The van der Waals surface area contributed by atoms with Crippen LogP contribution in [0.2, 0.25) is 0 Å². The Bertz CT molecular complexity index is 426. The molecule has 0 saturated heterocycles. The van der Waals surface area contributed by atoms with E-state index in [-0.39, 0.29) is 0 Å². The van der Waals surface area contributed by atoms with Gasteiger partial charge in [0.15, 0.2) is 0 Å². The second-order valence-corrected chi connectivity index (χ2v) is 5.18. The van der Waals surface area contributed by atoms with Gasteiger partial charge in [-0.1, -0.05) is 32.0 Å².